The molecule has 4 nitrogen and oxygen atoms in total. The van der Waals surface area contributed by atoms with E-state index in [0.717, 1.165) is 38.2 Å². The first-order valence-corrected chi connectivity index (χ1v) is 5.96. The quantitative estimate of drug-likeness (QED) is 0.868. The number of rotatable bonds is 3. The number of halogens is 1. The van der Waals surface area contributed by atoms with E-state index in [1.807, 2.05) is 0 Å². The van der Waals surface area contributed by atoms with E-state index in [9.17, 15) is 0 Å². The van der Waals surface area contributed by atoms with Crippen molar-refractivity contribution in [2.45, 2.75) is 19.4 Å². The van der Waals surface area contributed by atoms with Crippen LogP contribution in [0, 0.1) is 5.92 Å². The Morgan fingerprint density at radius 2 is 2.25 bits per heavy atom. The minimum absolute atomic E-state index is 0.269. The average molecular weight is 242 g/mol. The fraction of sp³-hybridized carbons (Fsp3) is 0.636. The van der Waals surface area contributed by atoms with E-state index < -0.39 is 0 Å². The van der Waals surface area contributed by atoms with E-state index >= 15 is 0 Å². The summed E-state index contributed by atoms with van der Waals surface area (Å²) in [6, 6.07) is 0. The van der Waals surface area contributed by atoms with Crippen molar-refractivity contribution in [2.75, 3.05) is 19.7 Å². The van der Waals surface area contributed by atoms with Gasteiger partial charge in [0.05, 0.1) is 5.69 Å². The van der Waals surface area contributed by atoms with Crippen LogP contribution < -0.4 is 0 Å². The number of aliphatic hydroxyl groups is 1. The lowest BCUT2D eigenvalue weighted by molar-refractivity contribution is 0.115. The molecule has 0 bridgehead atoms. The first-order chi connectivity index (χ1) is 7.79. The molecule has 1 fully saturated rings. The highest BCUT2D eigenvalue weighted by molar-refractivity contribution is 6.29. The molecule has 1 aliphatic rings. The van der Waals surface area contributed by atoms with E-state index in [0.29, 0.717) is 11.1 Å². The van der Waals surface area contributed by atoms with Crippen LogP contribution >= 0.6 is 11.6 Å². The first-order valence-electron chi connectivity index (χ1n) is 5.58. The SMILES string of the molecule is OC[C@H]1CCCN(Cc2nccnc2Cl)C1. The Morgan fingerprint density at radius 1 is 1.44 bits per heavy atom. The van der Waals surface area contributed by atoms with Gasteiger partial charge in [-0.15, -0.1) is 0 Å². The Balaban J connectivity index is 1.97. The summed E-state index contributed by atoms with van der Waals surface area (Å²) in [5.74, 6) is 0.393. The Labute approximate surface area is 100 Å². The number of hydrogen-bond donors (Lipinski definition) is 1. The molecular formula is C11H16ClN3O. The van der Waals surface area contributed by atoms with Gasteiger partial charge in [-0.05, 0) is 25.3 Å². The van der Waals surface area contributed by atoms with Crippen LogP contribution in [0.4, 0.5) is 0 Å². The predicted molar refractivity (Wildman–Crippen MR) is 62.1 cm³/mol. The van der Waals surface area contributed by atoms with E-state index in [1.165, 1.54) is 0 Å². The lowest BCUT2D eigenvalue weighted by Crippen LogP contribution is -2.36. The summed E-state index contributed by atoms with van der Waals surface area (Å²) in [5, 5.41) is 9.63. The van der Waals surface area contributed by atoms with Gasteiger partial charge < -0.3 is 5.11 Å². The zero-order valence-corrected chi connectivity index (χ0v) is 9.90. The summed E-state index contributed by atoms with van der Waals surface area (Å²) < 4.78 is 0. The van der Waals surface area contributed by atoms with Crippen molar-refractivity contribution < 1.29 is 5.11 Å². The van der Waals surface area contributed by atoms with Crippen molar-refractivity contribution in [3.8, 4) is 0 Å². The Bertz CT molecular complexity index is 348. The van der Waals surface area contributed by atoms with Crippen molar-refractivity contribution in [1.82, 2.24) is 14.9 Å². The van der Waals surface area contributed by atoms with Crippen LogP contribution in [0.1, 0.15) is 18.5 Å². The molecule has 1 saturated heterocycles. The highest BCUT2D eigenvalue weighted by atomic mass is 35.5. The van der Waals surface area contributed by atoms with Gasteiger partial charge in [-0.3, -0.25) is 9.88 Å². The maximum absolute atomic E-state index is 9.15. The molecule has 0 aliphatic carbocycles. The standard InChI is InChI=1S/C11H16ClN3O/c12-11-10(13-3-4-14-11)7-15-5-1-2-9(6-15)8-16/h3-4,9,16H,1-2,5-8H2/t9-/m0/s1. The van der Waals surface area contributed by atoms with Gasteiger partial charge in [-0.1, -0.05) is 11.6 Å². The minimum Gasteiger partial charge on any atom is -0.396 e. The fourth-order valence-electron chi connectivity index (χ4n) is 2.11. The normalized spacial score (nSPS) is 22.2. The second kappa shape index (κ2) is 5.57. The molecule has 0 spiro atoms. The molecule has 1 atom stereocenters. The summed E-state index contributed by atoms with van der Waals surface area (Å²) in [6.07, 6.45) is 5.50. The molecule has 0 aromatic carbocycles. The largest absolute Gasteiger partial charge is 0.396 e. The molecule has 1 aromatic rings. The summed E-state index contributed by atoms with van der Waals surface area (Å²) in [5.41, 5.74) is 0.822. The number of piperidine rings is 1. The number of nitrogens with zero attached hydrogens (tertiary/aromatic N) is 3. The molecule has 88 valence electrons. The molecule has 1 aliphatic heterocycles. The monoisotopic (exact) mass is 241 g/mol. The molecule has 2 rings (SSSR count). The van der Waals surface area contributed by atoms with Crippen LogP contribution in [-0.2, 0) is 6.54 Å². The highest BCUT2D eigenvalue weighted by Crippen LogP contribution is 2.19. The topological polar surface area (TPSA) is 49.2 Å². The third kappa shape index (κ3) is 2.90. The Morgan fingerprint density at radius 3 is 3.00 bits per heavy atom. The Hall–Kier alpha value is -0.710. The van der Waals surface area contributed by atoms with Crippen LogP contribution in [0.2, 0.25) is 5.15 Å². The number of aliphatic hydroxyl groups excluding tert-OH is 1. The molecule has 5 heteroatoms. The zero-order valence-electron chi connectivity index (χ0n) is 9.14. The molecule has 0 unspecified atom stereocenters. The van der Waals surface area contributed by atoms with Crippen LogP contribution in [0.3, 0.4) is 0 Å². The van der Waals surface area contributed by atoms with E-state index in [-0.39, 0.29) is 6.61 Å². The third-order valence-corrected chi connectivity index (χ3v) is 3.27. The molecule has 1 aromatic heterocycles. The summed E-state index contributed by atoms with van der Waals surface area (Å²) in [4.78, 5) is 10.5. The maximum atomic E-state index is 9.15. The summed E-state index contributed by atoms with van der Waals surface area (Å²) >= 11 is 5.96. The zero-order chi connectivity index (χ0) is 11.4. The van der Waals surface area contributed by atoms with E-state index in [2.05, 4.69) is 14.9 Å². The van der Waals surface area contributed by atoms with E-state index in [1.54, 1.807) is 12.4 Å². The number of likely N-dealkylation sites (tertiary alicyclic amines) is 1. The number of hydrogen-bond acceptors (Lipinski definition) is 4. The predicted octanol–water partition coefficient (Wildman–Crippen LogP) is 1.33. The van der Waals surface area contributed by atoms with Crippen LogP contribution in [0.15, 0.2) is 12.4 Å². The van der Waals surface area contributed by atoms with Crippen molar-refractivity contribution in [3.63, 3.8) is 0 Å². The lowest BCUT2D eigenvalue weighted by atomic mass is 9.99. The molecular weight excluding hydrogens is 226 g/mol. The fourth-order valence-corrected chi connectivity index (χ4v) is 2.28. The van der Waals surface area contributed by atoms with Gasteiger partial charge in [0, 0.05) is 32.1 Å². The van der Waals surface area contributed by atoms with Crippen molar-refractivity contribution in [1.29, 1.82) is 0 Å². The van der Waals surface area contributed by atoms with Crippen molar-refractivity contribution >= 4 is 11.6 Å². The second-order valence-electron chi connectivity index (χ2n) is 4.22. The lowest BCUT2D eigenvalue weighted by Gasteiger charge is -2.31. The van der Waals surface area contributed by atoms with Crippen molar-refractivity contribution in [2.24, 2.45) is 5.92 Å². The third-order valence-electron chi connectivity index (χ3n) is 2.96. The van der Waals surface area contributed by atoms with Gasteiger partial charge >= 0.3 is 0 Å². The molecule has 0 saturated carbocycles. The smallest absolute Gasteiger partial charge is 0.151 e. The first kappa shape index (κ1) is 11.8. The average Bonchev–Trinajstić information content (AvgIpc) is 2.32. The van der Waals surface area contributed by atoms with Gasteiger partial charge in [0.15, 0.2) is 5.15 Å². The summed E-state index contributed by atoms with van der Waals surface area (Å²) in [7, 11) is 0. The molecule has 1 N–H and O–H groups in total. The molecule has 0 radical (unpaired) electrons. The van der Waals surface area contributed by atoms with Crippen LogP contribution in [0.25, 0.3) is 0 Å². The molecule has 0 amide bonds. The second-order valence-corrected chi connectivity index (χ2v) is 4.58. The molecule has 16 heavy (non-hydrogen) atoms. The van der Waals surface area contributed by atoms with Crippen molar-refractivity contribution in [3.05, 3.63) is 23.2 Å². The Kier molecular flexibility index (Phi) is 4.09. The van der Waals surface area contributed by atoms with Crippen LogP contribution in [0.5, 0.6) is 0 Å². The van der Waals surface area contributed by atoms with Crippen LogP contribution in [-0.4, -0.2) is 39.7 Å². The van der Waals surface area contributed by atoms with Gasteiger partial charge in [0.25, 0.3) is 0 Å². The number of aromatic nitrogens is 2. The summed E-state index contributed by atoms with van der Waals surface area (Å²) in [6.45, 7) is 2.96. The minimum atomic E-state index is 0.269. The highest BCUT2D eigenvalue weighted by Gasteiger charge is 2.20. The van der Waals surface area contributed by atoms with Gasteiger partial charge in [-0.2, -0.15) is 0 Å². The molecule has 2 heterocycles. The van der Waals surface area contributed by atoms with Gasteiger partial charge in [0.2, 0.25) is 0 Å². The van der Waals surface area contributed by atoms with E-state index in [4.69, 9.17) is 16.7 Å². The van der Waals surface area contributed by atoms with Gasteiger partial charge in [-0.25, -0.2) is 4.98 Å². The maximum Gasteiger partial charge on any atom is 0.151 e. The van der Waals surface area contributed by atoms with Gasteiger partial charge in [0.1, 0.15) is 0 Å².